The van der Waals surface area contributed by atoms with Crippen LogP contribution in [0.5, 0.6) is 0 Å². The molecule has 1 fully saturated rings. The quantitative estimate of drug-likeness (QED) is 0.729. The van der Waals surface area contributed by atoms with Crippen molar-refractivity contribution >= 4 is 11.9 Å². The van der Waals surface area contributed by atoms with Crippen LogP contribution < -0.4 is 5.32 Å². The first-order valence-corrected chi connectivity index (χ1v) is 7.22. The van der Waals surface area contributed by atoms with E-state index in [9.17, 15) is 9.59 Å². The maximum absolute atomic E-state index is 12.1. The highest BCUT2D eigenvalue weighted by Gasteiger charge is 2.40. The van der Waals surface area contributed by atoms with Crippen molar-refractivity contribution in [1.29, 1.82) is 0 Å². The summed E-state index contributed by atoms with van der Waals surface area (Å²) in [6.07, 6.45) is 1.30. The Morgan fingerprint density at radius 2 is 1.79 bits per heavy atom. The summed E-state index contributed by atoms with van der Waals surface area (Å²) < 4.78 is 0. The van der Waals surface area contributed by atoms with Crippen molar-refractivity contribution in [3.8, 4) is 0 Å². The van der Waals surface area contributed by atoms with Crippen LogP contribution >= 0.6 is 0 Å². The summed E-state index contributed by atoms with van der Waals surface area (Å²) in [5.41, 5.74) is 0. The minimum atomic E-state index is -0.840. The summed E-state index contributed by atoms with van der Waals surface area (Å²) in [7, 11) is 0. The molecule has 5 heteroatoms. The lowest BCUT2D eigenvalue weighted by atomic mass is 9.95. The van der Waals surface area contributed by atoms with Gasteiger partial charge in [0.1, 0.15) is 0 Å². The van der Waals surface area contributed by atoms with Crippen molar-refractivity contribution in [3.05, 3.63) is 0 Å². The predicted octanol–water partition coefficient (Wildman–Crippen LogP) is 1.19. The number of carboxylic acid groups (broad SMARTS) is 1. The van der Waals surface area contributed by atoms with Crippen molar-refractivity contribution in [3.63, 3.8) is 0 Å². The van der Waals surface area contributed by atoms with Crippen LogP contribution in [0.2, 0.25) is 0 Å². The second-order valence-electron chi connectivity index (χ2n) is 5.45. The van der Waals surface area contributed by atoms with Gasteiger partial charge in [-0.15, -0.1) is 0 Å². The first-order valence-electron chi connectivity index (χ1n) is 7.22. The fraction of sp³-hybridized carbons (Fsp3) is 0.857. The predicted molar refractivity (Wildman–Crippen MR) is 73.8 cm³/mol. The molecule has 0 aromatic rings. The van der Waals surface area contributed by atoms with Gasteiger partial charge in [0, 0.05) is 13.1 Å². The van der Waals surface area contributed by atoms with Crippen molar-refractivity contribution < 1.29 is 14.7 Å². The third kappa shape index (κ3) is 4.49. The molecule has 0 aliphatic heterocycles. The number of aliphatic carboxylic acids is 1. The Morgan fingerprint density at radius 1 is 1.21 bits per heavy atom. The van der Waals surface area contributed by atoms with Gasteiger partial charge >= 0.3 is 5.97 Å². The molecular weight excluding hydrogens is 244 g/mol. The molecule has 3 unspecified atom stereocenters. The van der Waals surface area contributed by atoms with Gasteiger partial charge in [0.05, 0.1) is 11.8 Å². The minimum Gasteiger partial charge on any atom is -0.481 e. The minimum absolute atomic E-state index is 0.0936. The molecule has 3 atom stereocenters. The smallest absolute Gasteiger partial charge is 0.307 e. The Hall–Kier alpha value is -1.10. The SMILES string of the molecule is CCN(CC)CCNC(=O)C1CC(C)CC1C(=O)O. The highest BCUT2D eigenvalue weighted by atomic mass is 16.4. The zero-order valence-electron chi connectivity index (χ0n) is 12.2. The van der Waals surface area contributed by atoms with Gasteiger partial charge in [0.25, 0.3) is 0 Å². The fourth-order valence-corrected chi connectivity index (χ4v) is 2.86. The van der Waals surface area contributed by atoms with Crippen molar-refractivity contribution in [2.24, 2.45) is 17.8 Å². The van der Waals surface area contributed by atoms with Crippen LogP contribution in [0.3, 0.4) is 0 Å². The van der Waals surface area contributed by atoms with Crippen LogP contribution in [-0.4, -0.2) is 48.1 Å². The maximum Gasteiger partial charge on any atom is 0.307 e. The first kappa shape index (κ1) is 16.0. The normalized spacial score (nSPS) is 26.6. The molecule has 0 spiro atoms. The molecule has 1 amide bonds. The van der Waals surface area contributed by atoms with E-state index in [4.69, 9.17) is 5.11 Å². The summed E-state index contributed by atoms with van der Waals surface area (Å²) in [5.74, 6) is -1.48. The van der Waals surface area contributed by atoms with E-state index in [1.807, 2.05) is 6.92 Å². The number of likely N-dealkylation sites (N-methyl/N-ethyl adjacent to an activating group) is 1. The number of amides is 1. The van der Waals surface area contributed by atoms with Gasteiger partial charge < -0.3 is 15.3 Å². The molecule has 1 rings (SSSR count). The summed E-state index contributed by atoms with van der Waals surface area (Å²) in [5, 5.41) is 12.0. The second-order valence-corrected chi connectivity index (χ2v) is 5.45. The van der Waals surface area contributed by atoms with E-state index in [-0.39, 0.29) is 11.8 Å². The molecule has 2 N–H and O–H groups in total. The van der Waals surface area contributed by atoms with Crippen LogP contribution in [0.15, 0.2) is 0 Å². The lowest BCUT2D eigenvalue weighted by molar-refractivity contribution is -0.146. The molecule has 5 nitrogen and oxygen atoms in total. The van der Waals surface area contributed by atoms with E-state index in [1.54, 1.807) is 0 Å². The number of carboxylic acids is 1. The van der Waals surface area contributed by atoms with E-state index in [0.717, 1.165) is 19.6 Å². The zero-order chi connectivity index (χ0) is 14.4. The van der Waals surface area contributed by atoms with Gasteiger partial charge in [0.15, 0.2) is 0 Å². The Kier molecular flexibility index (Phi) is 6.28. The topological polar surface area (TPSA) is 69.6 Å². The highest BCUT2D eigenvalue weighted by Crippen LogP contribution is 2.36. The molecule has 0 aromatic carbocycles. The van der Waals surface area contributed by atoms with Crippen molar-refractivity contribution in [2.75, 3.05) is 26.2 Å². The maximum atomic E-state index is 12.1. The standard InChI is InChI=1S/C14H26N2O3/c1-4-16(5-2)7-6-15-13(17)11-8-10(3)9-12(11)14(18)19/h10-12H,4-9H2,1-3H3,(H,15,17)(H,18,19). The molecule has 110 valence electrons. The van der Waals surface area contributed by atoms with E-state index in [2.05, 4.69) is 24.1 Å². The Labute approximate surface area is 115 Å². The molecule has 0 radical (unpaired) electrons. The fourth-order valence-electron chi connectivity index (χ4n) is 2.86. The molecule has 0 heterocycles. The summed E-state index contributed by atoms with van der Waals surface area (Å²) in [6, 6.07) is 0. The molecule has 0 aromatic heterocycles. The lowest BCUT2D eigenvalue weighted by Crippen LogP contribution is -2.39. The first-order chi connectivity index (χ1) is 8.99. The van der Waals surface area contributed by atoms with Gasteiger partial charge in [-0.3, -0.25) is 9.59 Å². The van der Waals surface area contributed by atoms with Gasteiger partial charge in [0.2, 0.25) is 5.91 Å². The molecule has 1 aliphatic carbocycles. The van der Waals surface area contributed by atoms with Crippen LogP contribution in [0, 0.1) is 17.8 Å². The van der Waals surface area contributed by atoms with Gasteiger partial charge in [-0.25, -0.2) is 0 Å². The second kappa shape index (κ2) is 7.48. The third-order valence-corrected chi connectivity index (χ3v) is 4.07. The van der Waals surface area contributed by atoms with Crippen LogP contribution in [0.1, 0.15) is 33.6 Å². The number of rotatable bonds is 7. The van der Waals surface area contributed by atoms with Crippen LogP contribution in [0.25, 0.3) is 0 Å². The van der Waals surface area contributed by atoms with Gasteiger partial charge in [-0.05, 0) is 31.8 Å². The van der Waals surface area contributed by atoms with Crippen molar-refractivity contribution in [2.45, 2.75) is 33.6 Å². The number of nitrogens with one attached hydrogen (secondary N) is 1. The van der Waals surface area contributed by atoms with E-state index < -0.39 is 11.9 Å². The number of hydrogen-bond acceptors (Lipinski definition) is 3. The lowest BCUT2D eigenvalue weighted by Gasteiger charge is -2.20. The van der Waals surface area contributed by atoms with Crippen LogP contribution in [-0.2, 0) is 9.59 Å². The zero-order valence-corrected chi connectivity index (χ0v) is 12.2. The Balaban J connectivity index is 2.42. The average molecular weight is 270 g/mol. The molecule has 1 saturated carbocycles. The molecular formula is C14H26N2O3. The van der Waals surface area contributed by atoms with Crippen LogP contribution in [0.4, 0.5) is 0 Å². The monoisotopic (exact) mass is 270 g/mol. The van der Waals surface area contributed by atoms with Crippen molar-refractivity contribution in [1.82, 2.24) is 10.2 Å². The Bertz CT molecular complexity index is 316. The van der Waals surface area contributed by atoms with Gasteiger partial charge in [-0.2, -0.15) is 0 Å². The van der Waals surface area contributed by atoms with Gasteiger partial charge in [-0.1, -0.05) is 20.8 Å². The summed E-state index contributed by atoms with van der Waals surface area (Å²) in [4.78, 5) is 25.4. The molecule has 0 bridgehead atoms. The highest BCUT2D eigenvalue weighted by molar-refractivity contribution is 5.85. The molecule has 19 heavy (non-hydrogen) atoms. The van der Waals surface area contributed by atoms with E-state index in [0.29, 0.717) is 25.3 Å². The van der Waals surface area contributed by atoms with E-state index >= 15 is 0 Å². The largest absolute Gasteiger partial charge is 0.481 e. The summed E-state index contributed by atoms with van der Waals surface area (Å²) >= 11 is 0. The summed E-state index contributed by atoms with van der Waals surface area (Å²) in [6.45, 7) is 9.53. The molecule has 0 saturated heterocycles. The Morgan fingerprint density at radius 3 is 2.32 bits per heavy atom. The number of nitrogens with zero attached hydrogens (tertiary/aromatic N) is 1. The number of hydrogen-bond donors (Lipinski definition) is 2. The third-order valence-electron chi connectivity index (χ3n) is 4.07. The molecule has 1 aliphatic rings. The number of carbonyl (C=O) groups is 2. The van der Waals surface area contributed by atoms with E-state index in [1.165, 1.54) is 0 Å². The number of carbonyl (C=O) groups excluding carboxylic acids is 1. The average Bonchev–Trinajstić information content (AvgIpc) is 2.77.